The van der Waals surface area contributed by atoms with E-state index in [2.05, 4.69) is 0 Å². The van der Waals surface area contributed by atoms with Crippen molar-refractivity contribution in [1.29, 1.82) is 0 Å². The lowest BCUT2D eigenvalue weighted by Gasteiger charge is -2.03. The molecular weight excluding hydrogens is 222 g/mol. The van der Waals surface area contributed by atoms with Gasteiger partial charge in [0.2, 0.25) is 5.91 Å². The van der Waals surface area contributed by atoms with Crippen LogP contribution in [-0.4, -0.2) is 10.8 Å². The van der Waals surface area contributed by atoms with Gasteiger partial charge in [-0.15, -0.1) is 0 Å². The van der Waals surface area contributed by atoms with E-state index in [0.29, 0.717) is 11.1 Å². The molecule has 0 aliphatic rings. The zero-order chi connectivity index (χ0) is 13.0. The van der Waals surface area contributed by atoms with Crippen molar-refractivity contribution in [2.45, 2.75) is 13.3 Å². The summed E-state index contributed by atoms with van der Waals surface area (Å²) in [4.78, 5) is 20.7. The number of hydrogen-bond acceptors (Lipinski definition) is 4. The Morgan fingerprint density at radius 3 is 2.71 bits per heavy atom. The minimum atomic E-state index is -0.534. The minimum absolute atomic E-state index is 0.0945. The summed E-state index contributed by atoms with van der Waals surface area (Å²) in [5.41, 5.74) is 11.8. The molecule has 0 radical (unpaired) electrons. The molecule has 17 heavy (non-hydrogen) atoms. The highest BCUT2D eigenvalue weighted by molar-refractivity contribution is 5.77. The third kappa shape index (κ3) is 3.30. The first-order valence-electron chi connectivity index (χ1n) is 4.91. The van der Waals surface area contributed by atoms with Gasteiger partial charge in [-0.2, -0.15) is 0 Å². The lowest BCUT2D eigenvalue weighted by Crippen LogP contribution is -2.07. The molecule has 1 amide bonds. The van der Waals surface area contributed by atoms with Crippen LogP contribution in [0.4, 0.5) is 11.4 Å². The van der Waals surface area contributed by atoms with Crippen LogP contribution in [0.1, 0.15) is 17.5 Å². The first-order valence-corrected chi connectivity index (χ1v) is 4.91. The molecule has 0 aromatic heterocycles. The fourth-order valence-electron chi connectivity index (χ4n) is 1.37. The molecule has 6 nitrogen and oxygen atoms in total. The third-order valence-corrected chi connectivity index (χ3v) is 2.21. The van der Waals surface area contributed by atoms with Gasteiger partial charge in [-0.3, -0.25) is 14.9 Å². The van der Waals surface area contributed by atoms with Crippen molar-refractivity contribution in [2.24, 2.45) is 5.73 Å². The molecule has 0 bridgehead atoms. The molecule has 6 heteroatoms. The Morgan fingerprint density at radius 2 is 2.18 bits per heavy atom. The molecule has 0 aliphatic carbocycles. The van der Waals surface area contributed by atoms with Gasteiger partial charge in [0.15, 0.2) is 0 Å². The average Bonchev–Trinajstić information content (AvgIpc) is 2.22. The van der Waals surface area contributed by atoms with E-state index < -0.39 is 10.8 Å². The van der Waals surface area contributed by atoms with Crippen LogP contribution in [0.5, 0.6) is 0 Å². The number of nitrogen functional groups attached to an aromatic ring is 1. The second-order valence-electron chi connectivity index (χ2n) is 3.60. The maximum Gasteiger partial charge on any atom is 0.292 e. The number of rotatable bonds is 4. The van der Waals surface area contributed by atoms with Gasteiger partial charge in [0, 0.05) is 12.5 Å². The highest BCUT2D eigenvalue weighted by Gasteiger charge is 2.13. The van der Waals surface area contributed by atoms with Crippen molar-refractivity contribution in [2.75, 3.05) is 5.73 Å². The van der Waals surface area contributed by atoms with Crippen molar-refractivity contribution in [3.63, 3.8) is 0 Å². The van der Waals surface area contributed by atoms with Crippen LogP contribution >= 0.6 is 0 Å². The van der Waals surface area contributed by atoms with Crippen LogP contribution < -0.4 is 11.5 Å². The average molecular weight is 235 g/mol. The number of carbonyl (C=O) groups excluding carboxylic acids is 1. The predicted molar refractivity (Wildman–Crippen MR) is 65.1 cm³/mol. The first-order chi connectivity index (χ1) is 7.91. The molecule has 0 saturated heterocycles. The number of carbonyl (C=O) groups is 1. The van der Waals surface area contributed by atoms with E-state index >= 15 is 0 Å². The van der Waals surface area contributed by atoms with Crippen LogP contribution in [0.2, 0.25) is 0 Å². The molecule has 0 fully saturated rings. The Labute approximate surface area is 98.1 Å². The molecule has 4 N–H and O–H groups in total. The SMILES string of the molecule is Cc1cc(C=CCC(N)=O)cc([N+](=O)[O-])c1N. The van der Waals surface area contributed by atoms with Crippen molar-refractivity contribution in [3.8, 4) is 0 Å². The monoisotopic (exact) mass is 235 g/mol. The lowest BCUT2D eigenvalue weighted by molar-refractivity contribution is -0.383. The fraction of sp³-hybridized carbons (Fsp3) is 0.182. The molecule has 0 saturated carbocycles. The summed E-state index contributed by atoms with van der Waals surface area (Å²) in [6.07, 6.45) is 3.25. The Kier molecular flexibility index (Phi) is 3.82. The second-order valence-corrected chi connectivity index (χ2v) is 3.60. The summed E-state index contributed by atoms with van der Waals surface area (Å²) in [6.45, 7) is 1.69. The van der Waals surface area contributed by atoms with Crippen molar-refractivity contribution >= 4 is 23.4 Å². The smallest absolute Gasteiger partial charge is 0.292 e. The van der Waals surface area contributed by atoms with Gasteiger partial charge in [-0.25, -0.2) is 0 Å². The second kappa shape index (κ2) is 5.11. The zero-order valence-corrected chi connectivity index (χ0v) is 9.34. The van der Waals surface area contributed by atoms with Crippen molar-refractivity contribution < 1.29 is 9.72 Å². The minimum Gasteiger partial charge on any atom is -0.393 e. The maximum atomic E-state index is 10.7. The quantitative estimate of drug-likeness (QED) is 0.466. The number of anilines is 1. The van der Waals surface area contributed by atoms with Gasteiger partial charge in [0.1, 0.15) is 5.69 Å². The van der Waals surface area contributed by atoms with Crippen LogP contribution in [0.3, 0.4) is 0 Å². The van der Waals surface area contributed by atoms with E-state index in [1.807, 2.05) is 0 Å². The fourth-order valence-corrected chi connectivity index (χ4v) is 1.37. The zero-order valence-electron chi connectivity index (χ0n) is 9.34. The first kappa shape index (κ1) is 12.7. The number of nitrogens with two attached hydrogens (primary N) is 2. The summed E-state index contributed by atoms with van der Waals surface area (Å²) in [5, 5.41) is 10.7. The number of primary amides is 1. The van der Waals surface area contributed by atoms with Gasteiger partial charge < -0.3 is 11.5 Å². The van der Waals surface area contributed by atoms with E-state index in [1.165, 1.54) is 6.07 Å². The molecule has 90 valence electrons. The van der Waals surface area contributed by atoms with Gasteiger partial charge >= 0.3 is 0 Å². The predicted octanol–water partition coefficient (Wildman–Crippen LogP) is 1.37. The number of nitro groups is 1. The topological polar surface area (TPSA) is 112 Å². The number of nitrogens with zero attached hydrogens (tertiary/aromatic N) is 1. The summed E-state index contributed by atoms with van der Waals surface area (Å²) in [7, 11) is 0. The van der Waals surface area contributed by atoms with E-state index in [4.69, 9.17) is 11.5 Å². The van der Waals surface area contributed by atoms with Crippen LogP contribution in [-0.2, 0) is 4.79 Å². The number of nitro benzene ring substituents is 1. The molecule has 1 rings (SSSR count). The Bertz CT molecular complexity index is 495. The normalized spacial score (nSPS) is 10.6. The highest BCUT2D eigenvalue weighted by atomic mass is 16.6. The van der Waals surface area contributed by atoms with Gasteiger partial charge in [-0.1, -0.05) is 12.2 Å². The summed E-state index contributed by atoms with van der Waals surface area (Å²) < 4.78 is 0. The Balaban J connectivity index is 3.06. The molecular formula is C11H13N3O3. The van der Waals surface area contributed by atoms with Gasteiger partial charge in [-0.05, 0) is 24.1 Å². The van der Waals surface area contributed by atoms with Crippen LogP contribution in [0.25, 0.3) is 6.08 Å². The number of hydrogen-bond donors (Lipinski definition) is 2. The van der Waals surface area contributed by atoms with E-state index in [9.17, 15) is 14.9 Å². The Hall–Kier alpha value is -2.37. The molecule has 1 aromatic carbocycles. The van der Waals surface area contributed by atoms with Crippen LogP contribution in [0, 0.1) is 17.0 Å². The highest BCUT2D eigenvalue weighted by Crippen LogP contribution is 2.27. The molecule has 0 spiro atoms. The van der Waals surface area contributed by atoms with Crippen molar-refractivity contribution in [1.82, 2.24) is 0 Å². The molecule has 0 atom stereocenters. The Morgan fingerprint density at radius 1 is 1.53 bits per heavy atom. The molecule has 0 unspecified atom stereocenters. The number of amides is 1. The molecule has 1 aromatic rings. The van der Waals surface area contributed by atoms with E-state index in [-0.39, 0.29) is 17.8 Å². The molecule has 0 aliphatic heterocycles. The maximum absolute atomic E-state index is 10.7. The van der Waals surface area contributed by atoms with Gasteiger partial charge in [0.05, 0.1) is 4.92 Å². The van der Waals surface area contributed by atoms with Gasteiger partial charge in [0.25, 0.3) is 5.69 Å². The lowest BCUT2D eigenvalue weighted by atomic mass is 10.1. The standard InChI is InChI=1S/C11H13N3O3/c1-7-5-8(3-2-4-10(12)15)6-9(11(7)13)14(16)17/h2-3,5-6H,4,13H2,1H3,(H2,12,15). The van der Waals surface area contributed by atoms with Crippen LogP contribution in [0.15, 0.2) is 18.2 Å². The summed E-state index contributed by atoms with van der Waals surface area (Å²) in [6, 6.07) is 3.07. The third-order valence-electron chi connectivity index (χ3n) is 2.21. The summed E-state index contributed by atoms with van der Waals surface area (Å²) >= 11 is 0. The molecule has 0 heterocycles. The summed E-state index contributed by atoms with van der Waals surface area (Å²) in [5.74, 6) is -0.456. The van der Waals surface area contributed by atoms with Crippen molar-refractivity contribution in [3.05, 3.63) is 39.4 Å². The number of aryl methyl sites for hydroxylation is 1. The largest absolute Gasteiger partial charge is 0.393 e. The van der Waals surface area contributed by atoms with E-state index in [1.54, 1.807) is 25.1 Å². The number of benzene rings is 1. The van der Waals surface area contributed by atoms with E-state index in [0.717, 1.165) is 0 Å².